The SMILES string of the molecule is CC(C)(C)N1CCC(NC(=O)c2cc(Br)cnc2Cl)CC1. The average Bonchev–Trinajstić information content (AvgIpc) is 2.41. The largest absolute Gasteiger partial charge is 0.349 e. The molecule has 1 fully saturated rings. The summed E-state index contributed by atoms with van der Waals surface area (Å²) in [5.74, 6) is -0.150. The van der Waals surface area contributed by atoms with Gasteiger partial charge in [0.05, 0.1) is 5.56 Å². The average molecular weight is 375 g/mol. The van der Waals surface area contributed by atoms with Crippen LogP contribution in [0.3, 0.4) is 0 Å². The molecule has 0 spiro atoms. The van der Waals surface area contributed by atoms with Crippen LogP contribution in [0.15, 0.2) is 16.7 Å². The lowest BCUT2D eigenvalue weighted by atomic mass is 9.98. The van der Waals surface area contributed by atoms with Gasteiger partial charge in [0.25, 0.3) is 5.91 Å². The minimum absolute atomic E-state index is 0.150. The number of amides is 1. The second kappa shape index (κ2) is 6.63. The predicted molar refractivity (Wildman–Crippen MR) is 88.8 cm³/mol. The molecule has 1 aliphatic heterocycles. The van der Waals surface area contributed by atoms with E-state index in [1.165, 1.54) is 0 Å². The molecular formula is C15H21BrClN3O. The van der Waals surface area contributed by atoms with Gasteiger partial charge < -0.3 is 5.32 Å². The maximum atomic E-state index is 12.3. The first-order valence-electron chi connectivity index (χ1n) is 7.14. The van der Waals surface area contributed by atoms with Crippen LogP contribution in [0.4, 0.5) is 0 Å². The summed E-state index contributed by atoms with van der Waals surface area (Å²) in [4.78, 5) is 18.7. The van der Waals surface area contributed by atoms with Crippen LogP contribution in [0.2, 0.25) is 5.15 Å². The third-order valence-electron chi connectivity index (χ3n) is 3.83. The molecule has 1 aromatic heterocycles. The van der Waals surface area contributed by atoms with Gasteiger partial charge in [-0.15, -0.1) is 0 Å². The number of likely N-dealkylation sites (tertiary alicyclic amines) is 1. The van der Waals surface area contributed by atoms with Crippen molar-refractivity contribution in [2.45, 2.75) is 45.2 Å². The van der Waals surface area contributed by atoms with Gasteiger partial charge in [0.1, 0.15) is 5.15 Å². The summed E-state index contributed by atoms with van der Waals surface area (Å²) < 4.78 is 0.750. The Morgan fingerprint density at radius 2 is 2.05 bits per heavy atom. The first-order valence-corrected chi connectivity index (χ1v) is 8.31. The lowest BCUT2D eigenvalue weighted by Crippen LogP contribution is -2.50. The molecule has 1 saturated heterocycles. The second-order valence-electron chi connectivity index (χ2n) is 6.40. The molecule has 116 valence electrons. The summed E-state index contributed by atoms with van der Waals surface area (Å²) in [5, 5.41) is 3.30. The van der Waals surface area contributed by atoms with Crippen molar-refractivity contribution in [2.24, 2.45) is 0 Å². The van der Waals surface area contributed by atoms with Gasteiger partial charge in [-0.3, -0.25) is 9.69 Å². The van der Waals surface area contributed by atoms with Crippen LogP contribution < -0.4 is 5.32 Å². The quantitative estimate of drug-likeness (QED) is 0.806. The third-order valence-corrected chi connectivity index (χ3v) is 4.56. The van der Waals surface area contributed by atoms with Crippen molar-refractivity contribution in [3.05, 3.63) is 27.5 Å². The Labute approximate surface area is 139 Å². The summed E-state index contributed by atoms with van der Waals surface area (Å²) in [6.07, 6.45) is 3.51. The third kappa shape index (κ3) is 4.41. The fourth-order valence-corrected chi connectivity index (χ4v) is 3.06. The molecule has 0 aliphatic carbocycles. The van der Waals surface area contributed by atoms with E-state index >= 15 is 0 Å². The number of nitrogens with one attached hydrogen (secondary N) is 1. The van der Waals surface area contributed by atoms with E-state index in [0.717, 1.165) is 30.4 Å². The van der Waals surface area contributed by atoms with Crippen LogP contribution in [-0.2, 0) is 0 Å². The van der Waals surface area contributed by atoms with Gasteiger partial charge >= 0.3 is 0 Å². The Bertz CT molecular complexity index is 522. The summed E-state index contributed by atoms with van der Waals surface area (Å²) in [5.41, 5.74) is 0.608. The molecule has 0 bridgehead atoms. The number of rotatable bonds is 2. The molecular weight excluding hydrogens is 354 g/mol. The molecule has 0 atom stereocenters. The standard InChI is InChI=1S/C15H21BrClN3O/c1-15(2,3)20-6-4-11(5-7-20)19-14(21)12-8-10(16)9-18-13(12)17/h8-9,11H,4-7H2,1-3H3,(H,19,21). The zero-order valence-electron chi connectivity index (χ0n) is 12.6. The normalized spacial score (nSPS) is 17.8. The van der Waals surface area contributed by atoms with Crippen LogP contribution in [0.1, 0.15) is 44.0 Å². The fourth-order valence-electron chi connectivity index (χ4n) is 2.54. The molecule has 2 rings (SSSR count). The van der Waals surface area contributed by atoms with Crippen LogP contribution >= 0.6 is 27.5 Å². The van der Waals surface area contributed by atoms with Gasteiger partial charge in [-0.05, 0) is 55.6 Å². The lowest BCUT2D eigenvalue weighted by molar-refractivity contribution is 0.0812. The van der Waals surface area contributed by atoms with Crippen molar-refractivity contribution in [1.29, 1.82) is 0 Å². The highest BCUT2D eigenvalue weighted by Crippen LogP contribution is 2.22. The highest BCUT2D eigenvalue weighted by Gasteiger charge is 2.28. The number of hydrogen-bond acceptors (Lipinski definition) is 3. The monoisotopic (exact) mass is 373 g/mol. The molecule has 6 heteroatoms. The van der Waals surface area contributed by atoms with E-state index in [1.54, 1.807) is 12.3 Å². The molecule has 0 saturated carbocycles. The van der Waals surface area contributed by atoms with Crippen molar-refractivity contribution in [3.63, 3.8) is 0 Å². The highest BCUT2D eigenvalue weighted by molar-refractivity contribution is 9.10. The first kappa shape index (κ1) is 16.7. The molecule has 1 aromatic rings. The van der Waals surface area contributed by atoms with Crippen molar-refractivity contribution >= 4 is 33.4 Å². The van der Waals surface area contributed by atoms with Gasteiger partial charge in [0, 0.05) is 35.3 Å². The van der Waals surface area contributed by atoms with E-state index in [-0.39, 0.29) is 22.6 Å². The Morgan fingerprint density at radius 1 is 1.43 bits per heavy atom. The summed E-state index contributed by atoms with van der Waals surface area (Å²) in [6.45, 7) is 8.66. The number of carbonyl (C=O) groups excluding carboxylic acids is 1. The van der Waals surface area contributed by atoms with E-state index in [4.69, 9.17) is 11.6 Å². The zero-order valence-corrected chi connectivity index (χ0v) is 15.0. The Kier molecular flexibility index (Phi) is 5.28. The second-order valence-corrected chi connectivity index (χ2v) is 7.67. The van der Waals surface area contributed by atoms with E-state index in [9.17, 15) is 4.79 Å². The van der Waals surface area contributed by atoms with Crippen LogP contribution in [-0.4, -0.2) is 40.5 Å². The molecule has 4 nitrogen and oxygen atoms in total. The lowest BCUT2D eigenvalue weighted by Gasteiger charge is -2.41. The van der Waals surface area contributed by atoms with Gasteiger partial charge in [-0.25, -0.2) is 4.98 Å². The van der Waals surface area contributed by atoms with Gasteiger partial charge in [-0.2, -0.15) is 0 Å². The number of piperidine rings is 1. The number of aromatic nitrogens is 1. The Hall–Kier alpha value is -0.650. The first-order chi connectivity index (χ1) is 9.77. The highest BCUT2D eigenvalue weighted by atomic mass is 79.9. The number of carbonyl (C=O) groups is 1. The van der Waals surface area contributed by atoms with E-state index < -0.39 is 0 Å². The van der Waals surface area contributed by atoms with Crippen molar-refractivity contribution < 1.29 is 4.79 Å². The minimum atomic E-state index is -0.150. The fraction of sp³-hybridized carbons (Fsp3) is 0.600. The van der Waals surface area contributed by atoms with Gasteiger partial charge in [0.15, 0.2) is 0 Å². The maximum Gasteiger partial charge on any atom is 0.254 e. The van der Waals surface area contributed by atoms with E-state index in [1.807, 2.05) is 0 Å². The Morgan fingerprint density at radius 3 is 2.62 bits per heavy atom. The van der Waals surface area contributed by atoms with E-state index in [2.05, 4.69) is 51.9 Å². The number of hydrogen-bond donors (Lipinski definition) is 1. The zero-order chi connectivity index (χ0) is 15.6. The van der Waals surface area contributed by atoms with Crippen LogP contribution in [0.5, 0.6) is 0 Å². The molecule has 21 heavy (non-hydrogen) atoms. The minimum Gasteiger partial charge on any atom is -0.349 e. The molecule has 0 aromatic carbocycles. The van der Waals surface area contributed by atoms with Gasteiger partial charge in [-0.1, -0.05) is 11.6 Å². The summed E-state index contributed by atoms with van der Waals surface area (Å²) >= 11 is 9.30. The molecule has 1 N–H and O–H groups in total. The maximum absolute atomic E-state index is 12.3. The summed E-state index contributed by atoms with van der Waals surface area (Å²) in [6, 6.07) is 1.90. The number of pyridine rings is 1. The van der Waals surface area contributed by atoms with E-state index in [0.29, 0.717) is 5.56 Å². The predicted octanol–water partition coefficient (Wildman–Crippen LogP) is 3.49. The van der Waals surface area contributed by atoms with Crippen molar-refractivity contribution in [2.75, 3.05) is 13.1 Å². The Balaban J connectivity index is 1.94. The van der Waals surface area contributed by atoms with Gasteiger partial charge in [0.2, 0.25) is 0 Å². The number of halogens is 2. The van der Waals surface area contributed by atoms with Crippen molar-refractivity contribution in [1.82, 2.24) is 15.2 Å². The van der Waals surface area contributed by atoms with Crippen LogP contribution in [0, 0.1) is 0 Å². The summed E-state index contributed by atoms with van der Waals surface area (Å²) in [7, 11) is 0. The molecule has 0 unspecified atom stereocenters. The van der Waals surface area contributed by atoms with Crippen LogP contribution in [0.25, 0.3) is 0 Å². The molecule has 2 heterocycles. The molecule has 1 aliphatic rings. The topological polar surface area (TPSA) is 45.2 Å². The molecule has 0 radical (unpaired) electrons. The van der Waals surface area contributed by atoms with Crippen molar-refractivity contribution in [3.8, 4) is 0 Å². The number of nitrogens with zero attached hydrogens (tertiary/aromatic N) is 2. The molecule has 1 amide bonds. The smallest absolute Gasteiger partial charge is 0.254 e.